The van der Waals surface area contributed by atoms with Gasteiger partial charge in [-0.05, 0) is 50.4 Å². The molecule has 0 spiro atoms. The van der Waals surface area contributed by atoms with Gasteiger partial charge in [-0.15, -0.1) is 0 Å². The van der Waals surface area contributed by atoms with E-state index in [1.807, 2.05) is 39.8 Å². The second-order valence-corrected chi connectivity index (χ2v) is 9.88. The van der Waals surface area contributed by atoms with Crippen LogP contribution in [0.5, 0.6) is 5.75 Å². The first-order valence-electron chi connectivity index (χ1n) is 13.5. The molecule has 1 saturated heterocycles. The minimum absolute atomic E-state index is 0.134. The first-order valence-corrected chi connectivity index (χ1v) is 13.5. The molecule has 3 aromatic heterocycles. The van der Waals surface area contributed by atoms with Gasteiger partial charge in [-0.2, -0.15) is 0 Å². The predicted molar refractivity (Wildman–Crippen MR) is 159 cm³/mol. The lowest BCUT2D eigenvalue weighted by molar-refractivity contribution is 0.0620. The van der Waals surface area contributed by atoms with Crippen molar-refractivity contribution in [3.05, 3.63) is 78.5 Å². The number of allylic oxidation sites excluding steroid dienone is 1. The summed E-state index contributed by atoms with van der Waals surface area (Å²) >= 11 is 0. The standard InChI is InChI=1S/C19H22F2N6O.C11H14N2/c20-17(21)10-26-4-1-13(2-5-26)11-28-14-3-6-27-16(9-23-19(27)7-14)15-8-18(22)25-12-24-15;1-9-3-5-10(6-4-9)11(7-12)8-13-2/h3,6-9,12-13,17H,1-2,4-5,10-11H2,(H2,22,24,25);3-8H,12H2,1-2H3/b;11-7+,13-8?. The molecule has 0 atom stereocenters. The molecule has 0 aliphatic carbocycles. The van der Waals surface area contributed by atoms with Gasteiger partial charge in [0, 0.05) is 43.4 Å². The van der Waals surface area contributed by atoms with Crippen molar-refractivity contribution in [1.82, 2.24) is 24.3 Å². The van der Waals surface area contributed by atoms with E-state index >= 15 is 0 Å². The minimum Gasteiger partial charge on any atom is -0.493 e. The van der Waals surface area contributed by atoms with Crippen LogP contribution in [0.1, 0.15) is 24.0 Å². The molecule has 1 aliphatic heterocycles. The minimum atomic E-state index is -2.27. The van der Waals surface area contributed by atoms with Gasteiger partial charge in [-0.1, -0.05) is 29.8 Å². The number of anilines is 1. The Bertz CT molecular complexity index is 1460. The third kappa shape index (κ3) is 8.31. The van der Waals surface area contributed by atoms with E-state index in [1.165, 1.54) is 11.9 Å². The number of imidazole rings is 1. The molecule has 1 aliphatic rings. The van der Waals surface area contributed by atoms with Crippen LogP contribution in [0, 0.1) is 12.8 Å². The van der Waals surface area contributed by atoms with Crippen LogP contribution < -0.4 is 16.2 Å². The molecule has 5 rings (SSSR count). The molecule has 1 aromatic carbocycles. The number of piperidine rings is 1. The zero-order valence-corrected chi connectivity index (χ0v) is 23.3. The lowest BCUT2D eigenvalue weighted by atomic mass is 9.98. The average Bonchev–Trinajstić information content (AvgIpc) is 3.40. The van der Waals surface area contributed by atoms with Crippen molar-refractivity contribution in [2.45, 2.75) is 26.2 Å². The first kappa shape index (κ1) is 29.6. The highest BCUT2D eigenvalue weighted by Crippen LogP contribution is 2.24. The van der Waals surface area contributed by atoms with Gasteiger partial charge in [0.2, 0.25) is 0 Å². The molecule has 11 heteroatoms. The fourth-order valence-electron chi connectivity index (χ4n) is 4.60. The maximum Gasteiger partial charge on any atom is 0.251 e. The van der Waals surface area contributed by atoms with Crippen molar-refractivity contribution >= 4 is 23.3 Å². The van der Waals surface area contributed by atoms with Crippen LogP contribution in [0.25, 0.3) is 22.6 Å². The Labute approximate surface area is 238 Å². The second kappa shape index (κ2) is 14.3. The first-order chi connectivity index (χ1) is 19.9. The molecule has 4 N–H and O–H groups in total. The van der Waals surface area contributed by atoms with Crippen molar-refractivity contribution in [3.8, 4) is 17.1 Å². The number of aromatic nitrogens is 4. The number of rotatable bonds is 8. The number of benzene rings is 1. The molecule has 4 heterocycles. The van der Waals surface area contributed by atoms with Gasteiger partial charge in [0.15, 0.2) is 0 Å². The highest BCUT2D eigenvalue weighted by Gasteiger charge is 2.22. The molecule has 216 valence electrons. The predicted octanol–water partition coefficient (Wildman–Crippen LogP) is 4.72. The smallest absolute Gasteiger partial charge is 0.251 e. The monoisotopic (exact) mass is 562 g/mol. The van der Waals surface area contributed by atoms with Crippen LogP contribution in [0.2, 0.25) is 0 Å². The molecule has 0 unspecified atom stereocenters. The number of hydrogen-bond acceptors (Lipinski definition) is 8. The lowest BCUT2D eigenvalue weighted by Gasteiger charge is -2.31. The summed E-state index contributed by atoms with van der Waals surface area (Å²) in [7, 11) is 1.73. The van der Waals surface area contributed by atoms with Crippen LogP contribution in [0.4, 0.5) is 14.6 Å². The summed E-state index contributed by atoms with van der Waals surface area (Å²) in [4.78, 5) is 18.3. The zero-order valence-electron chi connectivity index (χ0n) is 23.3. The van der Waals surface area contributed by atoms with Crippen molar-refractivity contribution in [2.24, 2.45) is 16.6 Å². The molecule has 0 radical (unpaired) electrons. The molecule has 0 amide bonds. The Morgan fingerprint density at radius 2 is 1.88 bits per heavy atom. The summed E-state index contributed by atoms with van der Waals surface area (Å²) < 4.78 is 32.8. The number of likely N-dealkylation sites (tertiary alicyclic amines) is 1. The number of pyridine rings is 1. The van der Waals surface area contributed by atoms with Crippen LogP contribution in [-0.2, 0) is 0 Å². The fraction of sp³-hybridized carbons (Fsp3) is 0.333. The highest BCUT2D eigenvalue weighted by molar-refractivity contribution is 6.09. The third-order valence-corrected chi connectivity index (χ3v) is 6.86. The number of ether oxygens (including phenoxy) is 1. The zero-order chi connectivity index (χ0) is 29.2. The SMILES string of the molecule is CN=C/C(=C\N)c1ccc(C)cc1.Nc1cc(-c2cnc3cc(OCC4CCN(CC(F)F)CC4)ccn23)ncn1. The van der Waals surface area contributed by atoms with E-state index in [4.69, 9.17) is 16.2 Å². The molecular weight excluding hydrogens is 526 g/mol. The van der Waals surface area contributed by atoms with E-state index in [0.717, 1.165) is 41.1 Å². The summed E-state index contributed by atoms with van der Waals surface area (Å²) in [5.41, 5.74) is 16.8. The Kier molecular flexibility index (Phi) is 10.3. The number of halogens is 2. The molecule has 4 aromatic rings. The van der Waals surface area contributed by atoms with Crippen molar-refractivity contribution in [2.75, 3.05) is 39.0 Å². The maximum absolute atomic E-state index is 12.5. The molecule has 9 nitrogen and oxygen atoms in total. The number of hydrogen-bond donors (Lipinski definition) is 2. The van der Waals surface area contributed by atoms with E-state index in [2.05, 4.69) is 39.0 Å². The molecular formula is C30H36F2N8O. The van der Waals surface area contributed by atoms with Crippen LogP contribution in [-0.4, -0.2) is 70.2 Å². The van der Waals surface area contributed by atoms with Crippen molar-refractivity contribution in [3.63, 3.8) is 0 Å². The van der Waals surface area contributed by atoms with Crippen LogP contribution in [0.15, 0.2) is 72.4 Å². The number of fused-ring (bicyclic) bond motifs is 1. The quantitative estimate of drug-likeness (QED) is 0.298. The largest absolute Gasteiger partial charge is 0.493 e. The number of alkyl halides is 2. The molecule has 0 saturated carbocycles. The van der Waals surface area contributed by atoms with Gasteiger partial charge >= 0.3 is 0 Å². The molecule has 41 heavy (non-hydrogen) atoms. The summed E-state index contributed by atoms with van der Waals surface area (Å²) in [5.74, 6) is 1.52. The number of nitrogens with zero attached hydrogens (tertiary/aromatic N) is 6. The Morgan fingerprint density at radius 1 is 1.12 bits per heavy atom. The van der Waals surface area contributed by atoms with Gasteiger partial charge in [0.1, 0.15) is 23.5 Å². The van der Waals surface area contributed by atoms with Crippen LogP contribution >= 0.6 is 0 Å². The molecule has 1 fully saturated rings. The van der Waals surface area contributed by atoms with E-state index in [-0.39, 0.29) is 6.54 Å². The molecule has 0 bridgehead atoms. The second-order valence-electron chi connectivity index (χ2n) is 9.88. The average molecular weight is 563 g/mol. The number of aliphatic imine (C=N–C) groups is 1. The van der Waals surface area contributed by atoms with E-state index in [0.29, 0.717) is 37.1 Å². The number of nitrogen functional groups attached to an aromatic ring is 1. The maximum atomic E-state index is 12.5. The normalized spacial score (nSPS) is 14.9. The van der Waals surface area contributed by atoms with Gasteiger partial charge in [-0.25, -0.2) is 23.7 Å². The topological polar surface area (TPSA) is 120 Å². The van der Waals surface area contributed by atoms with E-state index in [1.54, 1.807) is 31.7 Å². The van der Waals surface area contributed by atoms with E-state index in [9.17, 15) is 8.78 Å². The van der Waals surface area contributed by atoms with E-state index < -0.39 is 6.43 Å². The lowest BCUT2D eigenvalue weighted by Crippen LogP contribution is -2.38. The Hall–Kier alpha value is -4.38. The highest BCUT2D eigenvalue weighted by atomic mass is 19.3. The van der Waals surface area contributed by atoms with Crippen LogP contribution in [0.3, 0.4) is 0 Å². The summed E-state index contributed by atoms with van der Waals surface area (Å²) in [6.45, 7) is 3.90. The van der Waals surface area contributed by atoms with Gasteiger partial charge < -0.3 is 16.2 Å². The summed E-state index contributed by atoms with van der Waals surface area (Å²) in [6, 6.07) is 13.7. The Morgan fingerprint density at radius 3 is 2.54 bits per heavy atom. The number of nitrogens with two attached hydrogens (primary N) is 2. The van der Waals surface area contributed by atoms with Gasteiger partial charge in [0.05, 0.1) is 30.7 Å². The van der Waals surface area contributed by atoms with Gasteiger partial charge in [0.25, 0.3) is 6.43 Å². The Balaban J connectivity index is 0.000000251. The van der Waals surface area contributed by atoms with Gasteiger partial charge in [-0.3, -0.25) is 14.3 Å². The third-order valence-electron chi connectivity index (χ3n) is 6.86. The van der Waals surface area contributed by atoms with Crippen molar-refractivity contribution in [1.29, 1.82) is 0 Å². The van der Waals surface area contributed by atoms with Crippen molar-refractivity contribution < 1.29 is 13.5 Å². The fourth-order valence-corrected chi connectivity index (χ4v) is 4.60. The summed E-state index contributed by atoms with van der Waals surface area (Å²) in [5, 5.41) is 0. The summed E-state index contributed by atoms with van der Waals surface area (Å²) in [6.07, 6.45) is 7.85. The number of aryl methyl sites for hydroxylation is 1.